The molecular weight excluding hydrogens is 256 g/mol. The molecule has 0 aromatic rings. The summed E-state index contributed by atoms with van der Waals surface area (Å²) in [6, 6.07) is 0. The molecule has 2 N–H and O–H groups in total. The van der Waals surface area contributed by atoms with Crippen molar-refractivity contribution in [3.8, 4) is 0 Å². The van der Waals surface area contributed by atoms with Crippen molar-refractivity contribution in [2.45, 2.75) is 0 Å². The normalized spacial score (nSPS) is 3.20. The van der Waals surface area contributed by atoms with Gasteiger partial charge in [0.25, 0.3) is 0 Å². The predicted octanol–water partition coefficient (Wildman–Crippen LogP) is -16.6. The molecule has 0 heterocycles. The average Bonchev–Trinajstić information content (AvgIpc) is 1.65. The zero-order valence-electron chi connectivity index (χ0n) is 8.92. The minimum Gasteiger partial charge on any atom is -0.870 e. The van der Waals surface area contributed by atoms with Gasteiger partial charge in [0.15, 0.2) is 0 Å². The van der Waals surface area contributed by atoms with Crippen LogP contribution in [-0.4, -0.2) is 29.7 Å². The van der Waals surface area contributed by atoms with Gasteiger partial charge in [-0.3, -0.25) is 0 Å². The van der Waals surface area contributed by atoms with Gasteiger partial charge in [0.05, 0.1) is 0 Å². The molecule has 0 aromatic heterocycles. The van der Waals surface area contributed by atoms with Crippen LogP contribution in [0, 0.1) is 0 Å². The fraction of sp³-hybridized carbons (Fsp3) is 0. The second-order valence-corrected chi connectivity index (χ2v) is 0.445. The Hall–Kier alpha value is 2.17. The Morgan fingerprint density at radius 2 is 1.20 bits per heavy atom. The van der Waals surface area contributed by atoms with Crippen LogP contribution in [0.5, 0.6) is 0 Å². The van der Waals surface area contributed by atoms with E-state index in [4.69, 9.17) is 34.8 Å². The molecule has 0 bridgehead atoms. The van der Waals surface area contributed by atoms with Crippen molar-refractivity contribution in [3.05, 3.63) is 0 Å². The van der Waals surface area contributed by atoms with Gasteiger partial charge in [0.2, 0.25) is 6.16 Å². The minimum absolute atomic E-state index is 0. The third-order valence-electron chi connectivity index (χ3n) is 0. The predicted molar refractivity (Wildman–Crippen MR) is 21.7 cm³/mol. The van der Waals surface area contributed by atoms with Crippen molar-refractivity contribution in [2.75, 3.05) is 0 Å². The standard InChI is InChI=1S/CH2O3.CH2O2.CO2.4Na.H2O/c2-1(3)4;2*2-1-3;;;;;/h(H2,2,3,4);1H,(H,2,3);;;;;;1H2/q;;-2;4*+1;/p-3. The fourth-order valence-electron chi connectivity index (χ4n) is 0. The molecule has 0 aliphatic carbocycles. The summed E-state index contributed by atoms with van der Waals surface area (Å²) in [6.07, 6.45) is -2.08. The van der Waals surface area contributed by atoms with Gasteiger partial charge in [0, 0.05) is 6.47 Å². The summed E-state index contributed by atoms with van der Waals surface area (Å²) in [6.45, 7) is -0.250. The van der Waals surface area contributed by atoms with Crippen LogP contribution in [0.1, 0.15) is 0 Å². The van der Waals surface area contributed by atoms with Crippen molar-refractivity contribution in [1.29, 1.82) is 0 Å². The van der Waals surface area contributed by atoms with Crippen LogP contribution in [-0.2, 0) is 9.59 Å². The van der Waals surface area contributed by atoms with E-state index in [2.05, 4.69) is 0 Å². The van der Waals surface area contributed by atoms with E-state index in [1.807, 2.05) is 0 Å². The van der Waals surface area contributed by atoms with Crippen LogP contribution in [0.2, 0.25) is 0 Å². The topological polar surface area (TPSA) is 171 Å². The van der Waals surface area contributed by atoms with Crippen LogP contribution in [0.15, 0.2) is 0 Å². The monoisotopic (exact) mass is 259 g/mol. The Labute approximate surface area is 174 Å². The Bertz CT molecular complexity index is 89.9. The molecule has 0 aliphatic heterocycles. The van der Waals surface area contributed by atoms with E-state index >= 15 is 0 Å². The van der Waals surface area contributed by atoms with E-state index in [0.717, 1.165) is 0 Å². The van der Waals surface area contributed by atoms with Gasteiger partial charge in [0.1, 0.15) is 0 Å². The van der Waals surface area contributed by atoms with Crippen molar-refractivity contribution in [3.63, 3.8) is 0 Å². The summed E-state index contributed by atoms with van der Waals surface area (Å²) < 4.78 is 0. The van der Waals surface area contributed by atoms with E-state index < -0.39 is 12.6 Å². The third kappa shape index (κ3) is 689. The van der Waals surface area contributed by atoms with Crippen molar-refractivity contribution in [2.24, 2.45) is 0 Å². The van der Waals surface area contributed by atoms with Gasteiger partial charge in [-0.1, -0.05) is 0 Å². The van der Waals surface area contributed by atoms with E-state index in [9.17, 15) is 0 Å². The molecule has 68 valence electrons. The molecule has 0 aliphatic rings. The second-order valence-electron chi connectivity index (χ2n) is 0.445. The maximum atomic E-state index is 8.44. The molecule has 8 nitrogen and oxygen atoms in total. The molecule has 0 saturated carbocycles. The number of rotatable bonds is 0. The second kappa shape index (κ2) is 72.4. The molecule has 0 aromatic carbocycles. The Kier molecular flexibility index (Phi) is 258. The van der Waals surface area contributed by atoms with E-state index in [1.54, 1.807) is 0 Å². The first-order valence-corrected chi connectivity index (χ1v) is 1.51. The SMILES string of the molecule is O=C([O-])O.O=C[O-].O=[C-][O-].[Na+].[Na+].[Na+].[Na+].[OH-]. The molecule has 0 radical (unpaired) electrons. The zero-order valence-corrected chi connectivity index (χ0v) is 16.9. The van der Waals surface area contributed by atoms with Crippen molar-refractivity contribution in [1.82, 2.24) is 0 Å². The van der Waals surface area contributed by atoms with Gasteiger partial charge in [-0.2, -0.15) is 0 Å². The molecule has 0 rings (SSSR count). The smallest absolute Gasteiger partial charge is 0.870 e. The molecule has 15 heavy (non-hydrogen) atoms. The van der Waals surface area contributed by atoms with Crippen LogP contribution in [0.25, 0.3) is 0 Å². The van der Waals surface area contributed by atoms with Gasteiger partial charge < -0.3 is 46.8 Å². The summed E-state index contributed by atoms with van der Waals surface area (Å²) in [5.41, 5.74) is 0. The number of hydrogen-bond acceptors (Lipinski definition) is 7. The maximum Gasteiger partial charge on any atom is 1.00 e. The van der Waals surface area contributed by atoms with E-state index in [-0.39, 0.29) is 130 Å². The summed E-state index contributed by atoms with van der Waals surface area (Å²) in [5.74, 6) is 0. The summed E-state index contributed by atoms with van der Waals surface area (Å²) in [7, 11) is 0. The number of carboxylic acid groups (broad SMARTS) is 3. The van der Waals surface area contributed by atoms with Gasteiger partial charge >= 0.3 is 118 Å². The van der Waals surface area contributed by atoms with Gasteiger partial charge in [-0.05, 0) is 0 Å². The molecule has 12 heteroatoms. The zero-order chi connectivity index (χ0) is 8.99. The Morgan fingerprint density at radius 3 is 1.20 bits per heavy atom. The largest absolute Gasteiger partial charge is 1.00 e. The first-order chi connectivity index (χ1) is 4.56. The first-order valence-electron chi connectivity index (χ1n) is 1.51. The number of carbonyl (C=O) groups is 2. The van der Waals surface area contributed by atoms with Crippen LogP contribution < -0.4 is 134 Å². The molecule has 0 spiro atoms. The number of hydrogen-bond donors (Lipinski definition) is 1. The van der Waals surface area contributed by atoms with Gasteiger partial charge in [-0.15, -0.1) is 0 Å². The summed E-state index contributed by atoms with van der Waals surface area (Å²) >= 11 is 0. The van der Waals surface area contributed by atoms with Gasteiger partial charge in [-0.25, -0.2) is 0 Å². The maximum absolute atomic E-state index is 8.44. The fourth-order valence-corrected chi connectivity index (χ4v) is 0. The molecule has 0 fully saturated rings. The van der Waals surface area contributed by atoms with Crippen molar-refractivity contribution >= 4 is 19.1 Å². The van der Waals surface area contributed by atoms with Crippen LogP contribution in [0.3, 0.4) is 0 Å². The molecule has 0 amide bonds. The summed E-state index contributed by atoms with van der Waals surface area (Å²) in [5, 5.41) is 31.7. The third-order valence-corrected chi connectivity index (χ3v) is 0. The Morgan fingerprint density at radius 1 is 1.20 bits per heavy atom. The van der Waals surface area contributed by atoms with Crippen molar-refractivity contribution < 1.29 is 159 Å². The Balaban J connectivity index is -0.00000000707. The van der Waals surface area contributed by atoms with E-state index in [0.29, 0.717) is 0 Å². The summed E-state index contributed by atoms with van der Waals surface area (Å²) in [4.78, 5) is 24.8. The first kappa shape index (κ1) is 53.4. The van der Waals surface area contributed by atoms with E-state index in [1.165, 1.54) is 0 Å². The average molecular weight is 259 g/mol. The molecule has 0 saturated heterocycles. The quantitative estimate of drug-likeness (QED) is 0.253. The van der Waals surface area contributed by atoms with Crippen LogP contribution >= 0.6 is 0 Å². The number of carbonyl (C=O) groups excluding carboxylic acids is 2. The molecule has 0 unspecified atom stereocenters. The molecular formula is C3H3Na4O8-. The molecule has 0 atom stereocenters. The van der Waals surface area contributed by atoms with Crippen LogP contribution in [0.4, 0.5) is 4.79 Å². The minimum atomic E-state index is -2.08.